The van der Waals surface area contributed by atoms with Crippen molar-refractivity contribution in [2.24, 2.45) is 0 Å². The first-order chi connectivity index (χ1) is 22.2. The fourth-order valence-electron chi connectivity index (χ4n) is 4.97. The molecule has 2 heterocycles. The van der Waals surface area contributed by atoms with Gasteiger partial charge in [-0.2, -0.15) is 0 Å². The molecule has 3 atom stereocenters. The highest BCUT2D eigenvalue weighted by Crippen LogP contribution is 2.40. The fraction of sp³-hybridized carbons (Fsp3) is 0.212. The lowest BCUT2D eigenvalue weighted by Crippen LogP contribution is -2.31. The number of nitrogens with zero attached hydrogens (tertiary/aromatic N) is 1. The van der Waals surface area contributed by atoms with Gasteiger partial charge in [-0.05, 0) is 28.8 Å². The lowest BCUT2D eigenvalue weighted by atomic mass is 10.0. The van der Waals surface area contributed by atoms with Crippen molar-refractivity contribution in [2.45, 2.75) is 42.4 Å². The van der Waals surface area contributed by atoms with Crippen LogP contribution < -0.4 is 5.32 Å². The highest BCUT2D eigenvalue weighted by Gasteiger charge is 2.33. The number of ether oxygens (including phenoxy) is 2. The van der Waals surface area contributed by atoms with Crippen molar-refractivity contribution in [2.75, 3.05) is 5.75 Å². The molecule has 238 valence electrons. The number of aliphatic hydroxyl groups excluding tert-OH is 1. The smallest absolute Gasteiger partial charge is 0.257 e. The molecule has 3 unspecified atom stereocenters. The quantitative estimate of drug-likeness (QED) is 0.0722. The Hall–Kier alpha value is -3.88. The van der Waals surface area contributed by atoms with Gasteiger partial charge in [0.05, 0.1) is 29.0 Å². The highest BCUT2D eigenvalue weighted by atomic mass is 32.2. The van der Waals surface area contributed by atoms with Crippen LogP contribution in [0.15, 0.2) is 77.1 Å². The van der Waals surface area contributed by atoms with E-state index < -0.39 is 46.8 Å². The van der Waals surface area contributed by atoms with Gasteiger partial charge in [0.1, 0.15) is 5.56 Å². The van der Waals surface area contributed by atoms with Crippen LogP contribution in [-0.4, -0.2) is 27.9 Å². The van der Waals surface area contributed by atoms with Crippen LogP contribution in [-0.2, 0) is 22.6 Å². The third-order valence-corrected chi connectivity index (χ3v) is 9.74. The Balaban J connectivity index is 1.16. The first-order valence-corrected chi connectivity index (χ1v) is 15.9. The number of thiazole rings is 1. The van der Waals surface area contributed by atoms with Crippen LogP contribution in [0.25, 0.3) is 10.2 Å². The van der Waals surface area contributed by atoms with Crippen molar-refractivity contribution >= 4 is 39.2 Å². The molecule has 6 nitrogen and oxygen atoms in total. The minimum atomic E-state index is -2.34. The Bertz CT molecular complexity index is 1810. The molecule has 1 fully saturated rings. The number of carbonyl (C=O) groups excluding carboxylic acids is 1. The normalized spacial score (nSPS) is 18.2. The summed E-state index contributed by atoms with van der Waals surface area (Å²) < 4.78 is 83.2. The summed E-state index contributed by atoms with van der Waals surface area (Å²) in [6.45, 7) is -0.320. The molecule has 1 aliphatic rings. The maximum absolute atomic E-state index is 14.0. The number of nitrogens with one attached hydrogen (secondary N) is 1. The summed E-state index contributed by atoms with van der Waals surface area (Å²) in [5.74, 6) is -12.0. The zero-order valence-electron chi connectivity index (χ0n) is 23.8. The van der Waals surface area contributed by atoms with Gasteiger partial charge in [0.25, 0.3) is 5.91 Å². The van der Waals surface area contributed by atoms with Crippen molar-refractivity contribution in [3.8, 4) is 0 Å². The number of para-hydroxylation sites is 1. The molecule has 1 aliphatic heterocycles. The second-order valence-electron chi connectivity index (χ2n) is 10.5. The van der Waals surface area contributed by atoms with Crippen molar-refractivity contribution in [1.29, 1.82) is 0 Å². The third-order valence-electron chi connectivity index (χ3n) is 7.42. The van der Waals surface area contributed by atoms with Crippen LogP contribution in [0, 0.1) is 29.1 Å². The molecule has 1 saturated heterocycles. The molecule has 5 aromatic rings. The van der Waals surface area contributed by atoms with E-state index in [4.69, 9.17) is 14.5 Å². The van der Waals surface area contributed by atoms with Crippen LogP contribution in [0.4, 0.5) is 22.0 Å². The molecule has 0 aliphatic carbocycles. The molecule has 1 aromatic heterocycles. The zero-order chi connectivity index (χ0) is 32.4. The first kappa shape index (κ1) is 32.1. The maximum Gasteiger partial charge on any atom is 0.257 e. The monoisotopic (exact) mass is 672 g/mol. The summed E-state index contributed by atoms with van der Waals surface area (Å²) in [6.07, 6.45) is -0.699. The van der Waals surface area contributed by atoms with E-state index in [1.807, 2.05) is 48.5 Å². The molecule has 46 heavy (non-hydrogen) atoms. The van der Waals surface area contributed by atoms with Gasteiger partial charge in [0, 0.05) is 24.3 Å². The molecule has 4 aromatic carbocycles. The van der Waals surface area contributed by atoms with Crippen LogP contribution in [0.5, 0.6) is 0 Å². The van der Waals surface area contributed by atoms with Crippen molar-refractivity contribution in [3.05, 3.63) is 130 Å². The van der Waals surface area contributed by atoms with E-state index in [1.165, 1.54) is 0 Å². The number of aliphatic hydroxyl groups is 1. The van der Waals surface area contributed by atoms with E-state index in [0.29, 0.717) is 23.3 Å². The van der Waals surface area contributed by atoms with Crippen LogP contribution in [0.2, 0.25) is 0 Å². The van der Waals surface area contributed by atoms with E-state index in [9.17, 15) is 31.9 Å². The van der Waals surface area contributed by atoms with E-state index >= 15 is 0 Å². The minimum absolute atomic E-state index is 0.0761. The van der Waals surface area contributed by atoms with Crippen LogP contribution >= 0.6 is 23.1 Å². The molecular weight excluding hydrogens is 647 g/mol. The molecule has 0 saturated carbocycles. The maximum atomic E-state index is 14.0. The molecule has 1 amide bonds. The number of thioether (sulfide) groups is 1. The predicted molar refractivity (Wildman–Crippen MR) is 163 cm³/mol. The zero-order valence-corrected chi connectivity index (χ0v) is 25.4. The van der Waals surface area contributed by atoms with Crippen molar-refractivity contribution in [1.82, 2.24) is 10.3 Å². The Labute approximate surface area is 268 Å². The van der Waals surface area contributed by atoms with E-state index in [1.54, 1.807) is 47.4 Å². The lowest BCUT2D eigenvalue weighted by Gasteiger charge is -2.36. The minimum Gasteiger partial charge on any atom is -0.392 e. The van der Waals surface area contributed by atoms with Gasteiger partial charge in [-0.1, -0.05) is 72.4 Å². The summed E-state index contributed by atoms with van der Waals surface area (Å²) in [4.78, 5) is 17.0. The number of hydrogen-bond acceptors (Lipinski definition) is 7. The number of amides is 1. The van der Waals surface area contributed by atoms with Crippen LogP contribution in [0.3, 0.4) is 0 Å². The number of rotatable bonds is 9. The topological polar surface area (TPSA) is 80.7 Å². The Morgan fingerprint density at radius 1 is 0.848 bits per heavy atom. The third kappa shape index (κ3) is 6.79. The Morgan fingerprint density at radius 2 is 1.48 bits per heavy atom. The van der Waals surface area contributed by atoms with Gasteiger partial charge in [-0.3, -0.25) is 4.79 Å². The van der Waals surface area contributed by atoms with E-state index in [2.05, 4.69) is 5.32 Å². The second kappa shape index (κ2) is 13.9. The van der Waals surface area contributed by atoms with Gasteiger partial charge < -0.3 is 19.9 Å². The lowest BCUT2D eigenvalue weighted by molar-refractivity contribution is -0.245. The highest BCUT2D eigenvalue weighted by molar-refractivity contribution is 8.01. The number of aromatic nitrogens is 1. The molecular formula is C33H25F5N2O4S2. The average Bonchev–Trinajstić information content (AvgIpc) is 3.51. The standard InChI is InChI=1S/C33H25F5N2O4S2/c34-26-25(27(35)29(37)30(38)28(26)36)31(42)39-14-17-5-11-20(12-6-17)32-43-21(13-23(44-32)19-9-7-18(15-41)8-10-19)16-45-33-40-22-3-1-2-4-24(22)46-33/h1-12,21,23,32,41H,13-16H2,(H,39,42). The Morgan fingerprint density at radius 3 is 2.15 bits per heavy atom. The molecule has 0 radical (unpaired) electrons. The number of fused-ring (bicyclic) bond motifs is 1. The predicted octanol–water partition coefficient (Wildman–Crippen LogP) is 7.75. The Kier molecular flexibility index (Phi) is 9.66. The summed E-state index contributed by atoms with van der Waals surface area (Å²) in [6, 6.07) is 22.1. The molecule has 2 N–H and O–H groups in total. The van der Waals surface area contributed by atoms with Gasteiger partial charge >= 0.3 is 0 Å². The largest absolute Gasteiger partial charge is 0.392 e. The SMILES string of the molecule is O=C(NCc1ccc(C2OC(CSc3nc4ccccc4s3)CC(c3ccc(CO)cc3)O2)cc1)c1c(F)c(F)c(F)c(F)c1F. The molecule has 6 rings (SSSR count). The average molecular weight is 673 g/mol. The number of hydrogen-bond donors (Lipinski definition) is 2. The van der Waals surface area contributed by atoms with E-state index in [-0.39, 0.29) is 25.4 Å². The first-order valence-electron chi connectivity index (χ1n) is 14.1. The van der Waals surface area contributed by atoms with Crippen molar-refractivity contribution in [3.63, 3.8) is 0 Å². The van der Waals surface area contributed by atoms with Gasteiger partial charge in [0.2, 0.25) is 5.82 Å². The van der Waals surface area contributed by atoms with Gasteiger partial charge in [-0.25, -0.2) is 26.9 Å². The number of benzene rings is 4. The summed E-state index contributed by atoms with van der Waals surface area (Å²) in [5.41, 5.74) is 2.25. The van der Waals surface area contributed by atoms with Gasteiger partial charge in [-0.15, -0.1) is 11.3 Å². The second-order valence-corrected chi connectivity index (χ2v) is 12.8. The molecule has 0 spiro atoms. The van der Waals surface area contributed by atoms with Crippen molar-refractivity contribution < 1.29 is 41.3 Å². The van der Waals surface area contributed by atoms with Crippen LogP contribution in [0.1, 0.15) is 51.4 Å². The van der Waals surface area contributed by atoms with Gasteiger partial charge in [0.15, 0.2) is 33.9 Å². The summed E-state index contributed by atoms with van der Waals surface area (Å²) in [5, 5.41) is 11.6. The fourth-order valence-corrected chi connectivity index (χ4v) is 7.08. The number of carbonyl (C=O) groups is 1. The number of halogens is 5. The summed E-state index contributed by atoms with van der Waals surface area (Å²) >= 11 is 3.21. The van der Waals surface area contributed by atoms with E-state index in [0.717, 1.165) is 25.7 Å². The molecule has 0 bridgehead atoms. The summed E-state index contributed by atoms with van der Waals surface area (Å²) in [7, 11) is 0. The molecule has 13 heteroatoms.